The van der Waals surface area contributed by atoms with Gasteiger partial charge in [0, 0.05) is 4.47 Å². The molecule has 1 N–H and O–H groups in total. The number of rotatable bonds is 2. The summed E-state index contributed by atoms with van der Waals surface area (Å²) in [5.41, 5.74) is 1.73. The average Bonchev–Trinajstić information content (AvgIpc) is 2.71. The van der Waals surface area contributed by atoms with Gasteiger partial charge in [0.05, 0.1) is 0 Å². The van der Waals surface area contributed by atoms with Gasteiger partial charge in [-0.3, -0.25) is 0 Å². The molecule has 0 bridgehead atoms. The zero-order valence-electron chi connectivity index (χ0n) is 9.39. The van der Waals surface area contributed by atoms with E-state index in [4.69, 9.17) is 0 Å². The maximum Gasteiger partial charge on any atom is 0.0175 e. The van der Waals surface area contributed by atoms with Crippen LogP contribution in [-0.4, -0.2) is 13.1 Å². The van der Waals surface area contributed by atoms with Crippen LogP contribution in [-0.2, 0) is 5.41 Å². The van der Waals surface area contributed by atoms with Gasteiger partial charge in [-0.2, -0.15) is 0 Å². The van der Waals surface area contributed by atoms with Gasteiger partial charge in [-0.25, -0.2) is 0 Å². The first-order valence-electron chi connectivity index (χ1n) is 5.57. The van der Waals surface area contributed by atoms with Crippen molar-refractivity contribution in [3.05, 3.63) is 34.3 Å². The largest absolute Gasteiger partial charge is 0.316 e. The predicted octanol–water partition coefficient (Wildman–Crippen LogP) is 3.34. The van der Waals surface area contributed by atoms with Crippen molar-refractivity contribution in [1.82, 2.24) is 5.32 Å². The van der Waals surface area contributed by atoms with Crippen LogP contribution in [0, 0.1) is 5.92 Å². The Labute approximate surface area is 100 Å². The van der Waals surface area contributed by atoms with Crippen molar-refractivity contribution in [3.63, 3.8) is 0 Å². The summed E-state index contributed by atoms with van der Waals surface area (Å²) in [5.74, 6) is 0.763. The van der Waals surface area contributed by atoms with Crippen LogP contribution in [0.2, 0.25) is 0 Å². The standard InChI is InChI=1S/C13H18BrN/c1-13(2,11-7-8-15-9-11)10-3-5-12(14)6-4-10/h3-6,11,15H,7-9H2,1-2H3. The lowest BCUT2D eigenvalue weighted by Gasteiger charge is -2.31. The van der Waals surface area contributed by atoms with E-state index in [9.17, 15) is 0 Å². The van der Waals surface area contributed by atoms with Gasteiger partial charge in [0.25, 0.3) is 0 Å². The van der Waals surface area contributed by atoms with Gasteiger partial charge in [-0.1, -0.05) is 41.9 Å². The van der Waals surface area contributed by atoms with Crippen LogP contribution in [0.1, 0.15) is 25.8 Å². The van der Waals surface area contributed by atoms with Crippen molar-refractivity contribution in [1.29, 1.82) is 0 Å². The Morgan fingerprint density at radius 2 is 1.93 bits per heavy atom. The number of benzene rings is 1. The lowest BCUT2D eigenvalue weighted by Crippen LogP contribution is -2.30. The van der Waals surface area contributed by atoms with Gasteiger partial charge >= 0.3 is 0 Å². The molecule has 1 heterocycles. The van der Waals surface area contributed by atoms with Crippen LogP contribution in [0.3, 0.4) is 0 Å². The van der Waals surface area contributed by atoms with E-state index in [1.165, 1.54) is 18.5 Å². The Hall–Kier alpha value is -0.340. The lowest BCUT2D eigenvalue weighted by molar-refractivity contribution is 0.343. The second-order valence-corrected chi connectivity index (χ2v) is 5.83. The molecule has 1 fully saturated rings. The predicted molar refractivity (Wildman–Crippen MR) is 68.1 cm³/mol. The molecule has 0 saturated carbocycles. The molecule has 15 heavy (non-hydrogen) atoms. The summed E-state index contributed by atoms with van der Waals surface area (Å²) in [5, 5.41) is 3.45. The second kappa shape index (κ2) is 4.26. The van der Waals surface area contributed by atoms with E-state index >= 15 is 0 Å². The van der Waals surface area contributed by atoms with Crippen LogP contribution in [0.15, 0.2) is 28.7 Å². The highest BCUT2D eigenvalue weighted by molar-refractivity contribution is 9.10. The third-order valence-electron chi connectivity index (χ3n) is 3.67. The van der Waals surface area contributed by atoms with Crippen molar-refractivity contribution < 1.29 is 0 Å². The SMILES string of the molecule is CC(C)(c1ccc(Br)cc1)C1CCNC1. The average molecular weight is 268 g/mol. The van der Waals surface area contributed by atoms with Crippen LogP contribution < -0.4 is 5.32 Å². The topological polar surface area (TPSA) is 12.0 Å². The van der Waals surface area contributed by atoms with E-state index in [0.717, 1.165) is 16.9 Å². The molecular formula is C13H18BrN. The summed E-state index contributed by atoms with van der Waals surface area (Å²) in [6, 6.07) is 8.75. The zero-order chi connectivity index (χ0) is 10.9. The van der Waals surface area contributed by atoms with Crippen LogP contribution in [0.4, 0.5) is 0 Å². The van der Waals surface area contributed by atoms with Crippen molar-refractivity contribution in [3.8, 4) is 0 Å². The quantitative estimate of drug-likeness (QED) is 0.867. The highest BCUT2D eigenvalue weighted by Crippen LogP contribution is 2.35. The Balaban J connectivity index is 2.23. The summed E-state index contributed by atoms with van der Waals surface area (Å²) in [4.78, 5) is 0. The fraction of sp³-hybridized carbons (Fsp3) is 0.538. The number of hydrogen-bond donors (Lipinski definition) is 1. The summed E-state index contributed by atoms with van der Waals surface area (Å²) in [6.07, 6.45) is 1.29. The molecule has 2 rings (SSSR count). The normalized spacial score (nSPS) is 21.9. The third kappa shape index (κ3) is 2.26. The Morgan fingerprint density at radius 1 is 1.27 bits per heavy atom. The van der Waals surface area contributed by atoms with E-state index in [1.54, 1.807) is 0 Å². The molecule has 1 nitrogen and oxygen atoms in total. The molecular weight excluding hydrogens is 250 g/mol. The minimum absolute atomic E-state index is 0.282. The van der Waals surface area contributed by atoms with Gasteiger partial charge in [-0.15, -0.1) is 0 Å². The Bertz CT molecular complexity index is 323. The summed E-state index contributed by atoms with van der Waals surface area (Å²) >= 11 is 3.48. The number of halogens is 1. The number of nitrogens with one attached hydrogen (secondary N) is 1. The van der Waals surface area contributed by atoms with Gasteiger partial charge in [-0.05, 0) is 48.5 Å². The molecule has 0 aromatic heterocycles. The zero-order valence-corrected chi connectivity index (χ0v) is 11.0. The molecule has 1 aliphatic heterocycles. The van der Waals surface area contributed by atoms with Crippen LogP contribution >= 0.6 is 15.9 Å². The fourth-order valence-electron chi connectivity index (χ4n) is 2.39. The lowest BCUT2D eigenvalue weighted by atomic mass is 9.73. The monoisotopic (exact) mass is 267 g/mol. The first-order valence-corrected chi connectivity index (χ1v) is 6.37. The van der Waals surface area contributed by atoms with E-state index < -0.39 is 0 Å². The first kappa shape index (κ1) is 11.2. The van der Waals surface area contributed by atoms with Crippen molar-refractivity contribution >= 4 is 15.9 Å². The van der Waals surface area contributed by atoms with Crippen molar-refractivity contribution in [2.45, 2.75) is 25.7 Å². The first-order chi connectivity index (χ1) is 7.10. The van der Waals surface area contributed by atoms with E-state index in [2.05, 4.69) is 59.4 Å². The summed E-state index contributed by atoms with van der Waals surface area (Å²) in [6.45, 7) is 7.04. The molecule has 0 spiro atoms. The molecule has 0 aliphatic carbocycles. The van der Waals surface area contributed by atoms with Gasteiger partial charge in [0.1, 0.15) is 0 Å². The fourth-order valence-corrected chi connectivity index (χ4v) is 2.65. The molecule has 1 unspecified atom stereocenters. The number of hydrogen-bond acceptors (Lipinski definition) is 1. The maximum absolute atomic E-state index is 3.48. The Kier molecular flexibility index (Phi) is 3.17. The highest BCUT2D eigenvalue weighted by atomic mass is 79.9. The smallest absolute Gasteiger partial charge is 0.0175 e. The van der Waals surface area contributed by atoms with Gasteiger partial charge < -0.3 is 5.32 Å². The van der Waals surface area contributed by atoms with E-state index in [0.29, 0.717) is 0 Å². The molecule has 1 saturated heterocycles. The van der Waals surface area contributed by atoms with Gasteiger partial charge in [0.2, 0.25) is 0 Å². The molecule has 0 radical (unpaired) electrons. The summed E-state index contributed by atoms with van der Waals surface area (Å²) in [7, 11) is 0. The van der Waals surface area contributed by atoms with Crippen molar-refractivity contribution in [2.24, 2.45) is 5.92 Å². The minimum atomic E-state index is 0.282. The summed E-state index contributed by atoms with van der Waals surface area (Å²) < 4.78 is 1.16. The Morgan fingerprint density at radius 3 is 2.47 bits per heavy atom. The molecule has 1 aromatic carbocycles. The molecule has 2 heteroatoms. The molecule has 1 aliphatic rings. The highest BCUT2D eigenvalue weighted by Gasteiger charge is 2.32. The molecule has 0 amide bonds. The van der Waals surface area contributed by atoms with Crippen LogP contribution in [0.25, 0.3) is 0 Å². The maximum atomic E-state index is 3.48. The van der Waals surface area contributed by atoms with Gasteiger partial charge in [0.15, 0.2) is 0 Å². The minimum Gasteiger partial charge on any atom is -0.316 e. The van der Waals surface area contributed by atoms with Crippen LogP contribution in [0.5, 0.6) is 0 Å². The molecule has 82 valence electrons. The van der Waals surface area contributed by atoms with Crippen molar-refractivity contribution in [2.75, 3.05) is 13.1 Å². The third-order valence-corrected chi connectivity index (χ3v) is 4.20. The second-order valence-electron chi connectivity index (χ2n) is 4.92. The van der Waals surface area contributed by atoms with E-state index in [1.807, 2.05) is 0 Å². The molecule has 1 aromatic rings. The molecule has 1 atom stereocenters. The van der Waals surface area contributed by atoms with E-state index in [-0.39, 0.29) is 5.41 Å².